The van der Waals surface area contributed by atoms with Crippen molar-refractivity contribution in [1.82, 2.24) is 9.97 Å². The Morgan fingerprint density at radius 3 is 2.57 bits per heavy atom. The van der Waals surface area contributed by atoms with Gasteiger partial charge in [-0.1, -0.05) is 26.0 Å². The smallest absolute Gasteiger partial charge is 0.269 e. The monoisotopic (exact) mass is 288 g/mol. The average Bonchev–Trinajstić information content (AvgIpc) is 2.45. The van der Waals surface area contributed by atoms with Crippen LogP contribution in [-0.2, 0) is 6.54 Å². The lowest BCUT2D eigenvalue weighted by Crippen LogP contribution is -2.14. The fraction of sp³-hybridized carbons (Fsp3) is 0.286. The van der Waals surface area contributed by atoms with Gasteiger partial charge in [-0.25, -0.2) is 4.98 Å². The lowest BCUT2D eigenvalue weighted by molar-refractivity contribution is -0.384. The van der Waals surface area contributed by atoms with E-state index in [1.54, 1.807) is 12.1 Å². The Hall–Kier alpha value is -2.70. The van der Waals surface area contributed by atoms with E-state index >= 15 is 0 Å². The summed E-state index contributed by atoms with van der Waals surface area (Å²) >= 11 is 0. The molecule has 2 N–H and O–H groups in total. The molecule has 0 spiro atoms. The van der Waals surface area contributed by atoms with Gasteiger partial charge in [-0.15, -0.1) is 0 Å². The van der Waals surface area contributed by atoms with Crippen LogP contribution >= 0.6 is 0 Å². The summed E-state index contributed by atoms with van der Waals surface area (Å²) in [5, 5.41) is 13.6. The summed E-state index contributed by atoms with van der Waals surface area (Å²) in [7, 11) is 0. The van der Waals surface area contributed by atoms with Gasteiger partial charge in [0.1, 0.15) is 11.6 Å². The molecule has 0 amide bonds. The highest BCUT2D eigenvalue weighted by Gasteiger charge is 2.06. The fourth-order valence-corrected chi connectivity index (χ4v) is 1.77. The van der Waals surface area contributed by atoms with Gasteiger partial charge in [-0.2, -0.15) is 0 Å². The normalized spacial score (nSPS) is 10.6. The van der Waals surface area contributed by atoms with Crippen molar-refractivity contribution < 1.29 is 4.92 Å². The zero-order chi connectivity index (χ0) is 15.4. The van der Waals surface area contributed by atoms with Crippen molar-refractivity contribution >= 4 is 11.5 Å². The average molecular weight is 288 g/mol. The molecular formula is C14H16N4O3. The van der Waals surface area contributed by atoms with Crippen molar-refractivity contribution in [1.29, 1.82) is 0 Å². The minimum Gasteiger partial charge on any atom is -0.366 e. The van der Waals surface area contributed by atoms with Gasteiger partial charge in [-0.3, -0.25) is 14.9 Å². The maximum absolute atomic E-state index is 11.5. The molecule has 0 fully saturated rings. The number of non-ortho nitro benzene ring substituents is 1. The molecule has 0 bridgehead atoms. The van der Waals surface area contributed by atoms with E-state index in [9.17, 15) is 14.9 Å². The number of nitro benzene ring substituents is 1. The minimum atomic E-state index is -0.440. The number of nitrogens with zero attached hydrogens (tertiary/aromatic N) is 2. The number of anilines is 1. The fourth-order valence-electron chi connectivity index (χ4n) is 1.77. The molecule has 0 radical (unpaired) electrons. The van der Waals surface area contributed by atoms with Crippen molar-refractivity contribution in [3.05, 3.63) is 62.2 Å². The second-order valence-electron chi connectivity index (χ2n) is 4.95. The summed E-state index contributed by atoms with van der Waals surface area (Å²) < 4.78 is 0. The molecule has 21 heavy (non-hydrogen) atoms. The zero-order valence-electron chi connectivity index (χ0n) is 11.8. The summed E-state index contributed by atoms with van der Waals surface area (Å²) in [6, 6.07) is 7.62. The molecule has 0 aliphatic carbocycles. The molecule has 0 saturated carbocycles. The number of aromatic nitrogens is 2. The van der Waals surface area contributed by atoms with Gasteiger partial charge in [-0.05, 0) is 5.56 Å². The van der Waals surface area contributed by atoms with Crippen LogP contribution < -0.4 is 10.9 Å². The van der Waals surface area contributed by atoms with Gasteiger partial charge < -0.3 is 10.3 Å². The number of rotatable bonds is 5. The molecule has 7 heteroatoms. The molecular weight excluding hydrogens is 272 g/mol. The largest absolute Gasteiger partial charge is 0.366 e. The maximum Gasteiger partial charge on any atom is 0.269 e. The first-order valence-electron chi connectivity index (χ1n) is 6.54. The van der Waals surface area contributed by atoms with Crippen LogP contribution in [-0.4, -0.2) is 14.9 Å². The van der Waals surface area contributed by atoms with E-state index in [1.165, 1.54) is 18.2 Å². The summed E-state index contributed by atoms with van der Waals surface area (Å²) in [6.45, 7) is 4.32. The van der Waals surface area contributed by atoms with Crippen molar-refractivity contribution in [2.24, 2.45) is 0 Å². The molecule has 0 saturated heterocycles. The Kier molecular flexibility index (Phi) is 4.32. The number of benzene rings is 1. The van der Waals surface area contributed by atoms with Gasteiger partial charge in [0.05, 0.1) is 4.92 Å². The number of nitrogens with one attached hydrogen (secondary N) is 2. The molecule has 2 rings (SSSR count). The first-order valence-corrected chi connectivity index (χ1v) is 6.54. The van der Waals surface area contributed by atoms with Gasteiger partial charge in [0.25, 0.3) is 11.2 Å². The molecule has 7 nitrogen and oxygen atoms in total. The Morgan fingerprint density at radius 1 is 1.33 bits per heavy atom. The first-order chi connectivity index (χ1) is 9.95. The second kappa shape index (κ2) is 6.17. The van der Waals surface area contributed by atoms with Crippen LogP contribution in [0.4, 0.5) is 11.5 Å². The predicted molar refractivity (Wildman–Crippen MR) is 79.4 cm³/mol. The van der Waals surface area contributed by atoms with Crippen LogP contribution in [0.2, 0.25) is 0 Å². The topological polar surface area (TPSA) is 101 Å². The van der Waals surface area contributed by atoms with Crippen LogP contribution in [0.3, 0.4) is 0 Å². The molecule has 110 valence electrons. The van der Waals surface area contributed by atoms with E-state index < -0.39 is 4.92 Å². The quantitative estimate of drug-likeness (QED) is 0.650. The van der Waals surface area contributed by atoms with Crippen molar-refractivity contribution in [3.8, 4) is 0 Å². The van der Waals surface area contributed by atoms with E-state index in [4.69, 9.17) is 0 Å². The van der Waals surface area contributed by atoms with E-state index in [0.717, 1.165) is 5.56 Å². The van der Waals surface area contributed by atoms with Crippen LogP contribution in [0.15, 0.2) is 35.1 Å². The number of nitro groups is 1. The summed E-state index contributed by atoms with van der Waals surface area (Å²) in [5.41, 5.74) is 0.712. The number of aromatic amines is 1. The van der Waals surface area contributed by atoms with Gasteiger partial charge in [0.2, 0.25) is 0 Å². The SMILES string of the molecule is CC(C)c1nc(NCc2ccc([N+](=O)[O-])cc2)cc(=O)[nH]1. The molecule has 0 atom stereocenters. The van der Waals surface area contributed by atoms with Gasteiger partial charge in [0, 0.05) is 30.7 Å². The van der Waals surface area contributed by atoms with E-state index in [0.29, 0.717) is 18.2 Å². The second-order valence-corrected chi connectivity index (χ2v) is 4.95. The van der Waals surface area contributed by atoms with Crippen molar-refractivity contribution in [3.63, 3.8) is 0 Å². The highest BCUT2D eigenvalue weighted by atomic mass is 16.6. The van der Waals surface area contributed by atoms with Crippen LogP contribution in [0, 0.1) is 10.1 Å². The standard InChI is InChI=1S/C14H16N4O3/c1-9(2)14-16-12(7-13(19)17-14)15-8-10-3-5-11(6-4-10)18(20)21/h3-7,9H,8H2,1-2H3,(H2,15,16,17,19). The molecule has 1 aromatic carbocycles. The number of hydrogen-bond acceptors (Lipinski definition) is 5. The van der Waals surface area contributed by atoms with Crippen molar-refractivity contribution in [2.45, 2.75) is 26.3 Å². The molecule has 1 aromatic heterocycles. The third-order valence-corrected chi connectivity index (χ3v) is 2.93. The van der Waals surface area contributed by atoms with Gasteiger partial charge in [0.15, 0.2) is 0 Å². The Morgan fingerprint density at radius 2 is 2.00 bits per heavy atom. The molecule has 0 unspecified atom stereocenters. The Labute approximate surface area is 121 Å². The molecule has 1 heterocycles. The third-order valence-electron chi connectivity index (χ3n) is 2.93. The summed E-state index contributed by atoms with van der Waals surface area (Å²) in [4.78, 5) is 28.7. The zero-order valence-corrected chi connectivity index (χ0v) is 11.8. The summed E-state index contributed by atoms with van der Waals surface area (Å²) in [5.74, 6) is 1.23. The Balaban J connectivity index is 2.09. The van der Waals surface area contributed by atoms with Crippen LogP contribution in [0.1, 0.15) is 31.2 Å². The predicted octanol–water partition coefficient (Wildman–Crippen LogP) is 2.41. The molecule has 0 aliphatic heterocycles. The highest BCUT2D eigenvalue weighted by Crippen LogP contribution is 2.13. The molecule has 2 aromatic rings. The van der Waals surface area contributed by atoms with E-state index in [1.807, 2.05) is 13.8 Å². The number of hydrogen-bond donors (Lipinski definition) is 2. The lowest BCUT2D eigenvalue weighted by atomic mass is 10.2. The third kappa shape index (κ3) is 3.88. The Bertz CT molecular complexity index is 692. The van der Waals surface area contributed by atoms with Crippen molar-refractivity contribution in [2.75, 3.05) is 5.32 Å². The number of H-pyrrole nitrogens is 1. The minimum absolute atomic E-state index is 0.0510. The molecule has 0 aliphatic rings. The van der Waals surface area contributed by atoms with Crippen LogP contribution in [0.25, 0.3) is 0 Å². The van der Waals surface area contributed by atoms with E-state index in [2.05, 4.69) is 15.3 Å². The van der Waals surface area contributed by atoms with Crippen LogP contribution in [0.5, 0.6) is 0 Å². The van der Waals surface area contributed by atoms with E-state index in [-0.39, 0.29) is 17.2 Å². The first kappa shape index (κ1) is 14.7. The summed E-state index contributed by atoms with van der Waals surface area (Å²) in [6.07, 6.45) is 0. The lowest BCUT2D eigenvalue weighted by Gasteiger charge is -2.09. The van der Waals surface area contributed by atoms with Gasteiger partial charge >= 0.3 is 0 Å². The maximum atomic E-state index is 11.5. The highest BCUT2D eigenvalue weighted by molar-refractivity contribution is 5.37.